The standard InChI is InChI=1S/C19H22N4O2S/c1-20-19(22(2)11-9-14-6-5-13-26-14)21-10-12-23-17(24)15-7-3-4-8-16(15)18(23)25/h3-8,13H,9-12H2,1-2H3,(H,20,21). The van der Waals surface area contributed by atoms with Crippen LogP contribution in [-0.2, 0) is 6.42 Å². The van der Waals surface area contributed by atoms with Crippen molar-refractivity contribution < 1.29 is 9.59 Å². The molecule has 0 aliphatic carbocycles. The number of benzene rings is 1. The number of nitrogens with zero attached hydrogens (tertiary/aromatic N) is 3. The zero-order chi connectivity index (χ0) is 18.5. The molecule has 2 aromatic rings. The number of fused-ring (bicyclic) bond motifs is 1. The fraction of sp³-hybridized carbons (Fsp3) is 0.316. The molecule has 1 aromatic carbocycles. The Morgan fingerprint density at radius 1 is 1.15 bits per heavy atom. The maximum Gasteiger partial charge on any atom is 0.261 e. The molecule has 1 aliphatic rings. The first-order valence-electron chi connectivity index (χ1n) is 8.51. The number of nitrogens with one attached hydrogen (secondary N) is 1. The van der Waals surface area contributed by atoms with Crippen molar-refractivity contribution in [2.24, 2.45) is 4.99 Å². The SMILES string of the molecule is CN=C(NCCN1C(=O)c2ccccc2C1=O)N(C)CCc1cccs1. The van der Waals surface area contributed by atoms with Crippen LogP contribution in [0.2, 0.25) is 0 Å². The van der Waals surface area contributed by atoms with Gasteiger partial charge in [-0.1, -0.05) is 18.2 Å². The molecule has 136 valence electrons. The second-order valence-corrected chi connectivity index (χ2v) is 7.06. The van der Waals surface area contributed by atoms with Crippen molar-refractivity contribution in [2.45, 2.75) is 6.42 Å². The molecular formula is C19H22N4O2S. The van der Waals surface area contributed by atoms with E-state index in [1.54, 1.807) is 42.6 Å². The Kier molecular flexibility index (Phi) is 5.68. The van der Waals surface area contributed by atoms with Crippen LogP contribution in [0.25, 0.3) is 0 Å². The number of aliphatic imine (C=N–C) groups is 1. The Labute approximate surface area is 157 Å². The van der Waals surface area contributed by atoms with Gasteiger partial charge < -0.3 is 10.2 Å². The quantitative estimate of drug-likeness (QED) is 0.480. The number of likely N-dealkylation sites (N-methyl/N-ethyl adjacent to an activating group) is 1. The fourth-order valence-corrected chi connectivity index (χ4v) is 3.64. The highest BCUT2D eigenvalue weighted by Crippen LogP contribution is 2.21. The van der Waals surface area contributed by atoms with E-state index in [0.29, 0.717) is 24.2 Å². The van der Waals surface area contributed by atoms with Crippen molar-refractivity contribution in [2.75, 3.05) is 33.7 Å². The molecule has 0 fully saturated rings. The van der Waals surface area contributed by atoms with Crippen molar-refractivity contribution in [3.8, 4) is 0 Å². The summed E-state index contributed by atoms with van der Waals surface area (Å²) in [7, 11) is 3.71. The molecule has 6 nitrogen and oxygen atoms in total. The highest BCUT2D eigenvalue weighted by Gasteiger charge is 2.34. The van der Waals surface area contributed by atoms with Crippen molar-refractivity contribution in [1.29, 1.82) is 0 Å². The zero-order valence-corrected chi connectivity index (χ0v) is 15.8. The minimum Gasteiger partial charge on any atom is -0.354 e. The van der Waals surface area contributed by atoms with Crippen molar-refractivity contribution >= 4 is 29.1 Å². The van der Waals surface area contributed by atoms with E-state index in [-0.39, 0.29) is 11.8 Å². The summed E-state index contributed by atoms with van der Waals surface area (Å²) in [5.41, 5.74) is 0.963. The molecule has 7 heteroatoms. The van der Waals surface area contributed by atoms with Gasteiger partial charge in [-0.05, 0) is 30.0 Å². The Bertz CT molecular complexity index is 782. The van der Waals surface area contributed by atoms with E-state index < -0.39 is 0 Å². The monoisotopic (exact) mass is 370 g/mol. The minimum absolute atomic E-state index is 0.228. The van der Waals surface area contributed by atoms with Gasteiger partial charge in [0.25, 0.3) is 11.8 Å². The molecule has 26 heavy (non-hydrogen) atoms. The highest BCUT2D eigenvalue weighted by molar-refractivity contribution is 7.09. The van der Waals surface area contributed by atoms with Gasteiger partial charge in [-0.25, -0.2) is 0 Å². The number of hydrogen-bond acceptors (Lipinski definition) is 4. The molecule has 0 saturated heterocycles. The van der Waals surface area contributed by atoms with Gasteiger partial charge in [0.1, 0.15) is 0 Å². The summed E-state index contributed by atoms with van der Waals surface area (Å²) in [6.45, 7) is 1.61. The van der Waals surface area contributed by atoms with Crippen LogP contribution < -0.4 is 5.32 Å². The third-order valence-electron chi connectivity index (χ3n) is 4.34. The molecule has 2 heterocycles. The van der Waals surface area contributed by atoms with E-state index in [1.165, 1.54) is 9.78 Å². The van der Waals surface area contributed by atoms with Crippen LogP contribution in [0.4, 0.5) is 0 Å². The summed E-state index contributed by atoms with van der Waals surface area (Å²) in [6, 6.07) is 11.1. The summed E-state index contributed by atoms with van der Waals surface area (Å²) in [6.07, 6.45) is 0.952. The van der Waals surface area contributed by atoms with Gasteiger partial charge in [0, 0.05) is 38.6 Å². The van der Waals surface area contributed by atoms with Crippen molar-refractivity contribution in [3.05, 3.63) is 57.8 Å². The predicted molar refractivity (Wildman–Crippen MR) is 104 cm³/mol. The van der Waals surface area contributed by atoms with E-state index in [4.69, 9.17) is 0 Å². The van der Waals surface area contributed by atoms with Gasteiger partial charge >= 0.3 is 0 Å². The number of amides is 2. The molecule has 1 aromatic heterocycles. The van der Waals surface area contributed by atoms with Gasteiger partial charge in [-0.2, -0.15) is 0 Å². The average Bonchev–Trinajstić information content (AvgIpc) is 3.26. The second kappa shape index (κ2) is 8.14. The molecule has 1 aliphatic heterocycles. The normalized spacial score (nSPS) is 13.9. The molecule has 0 saturated carbocycles. The number of carbonyl (C=O) groups is 2. The summed E-state index contributed by atoms with van der Waals surface area (Å²) in [5, 5.41) is 5.30. The minimum atomic E-state index is -0.228. The summed E-state index contributed by atoms with van der Waals surface area (Å²) in [4.78, 5) is 33.7. The van der Waals surface area contributed by atoms with Crippen LogP contribution in [0.1, 0.15) is 25.6 Å². The highest BCUT2D eigenvalue weighted by atomic mass is 32.1. The molecular weight excluding hydrogens is 348 g/mol. The van der Waals surface area contributed by atoms with E-state index in [9.17, 15) is 9.59 Å². The van der Waals surface area contributed by atoms with Gasteiger partial charge in [0.2, 0.25) is 0 Å². The predicted octanol–water partition coefficient (Wildman–Crippen LogP) is 2.09. The summed E-state index contributed by atoms with van der Waals surface area (Å²) in [5.74, 6) is 0.292. The lowest BCUT2D eigenvalue weighted by molar-refractivity contribution is 0.0657. The molecule has 3 rings (SSSR count). The van der Waals surface area contributed by atoms with Gasteiger partial charge in [0.05, 0.1) is 11.1 Å². The fourth-order valence-electron chi connectivity index (χ4n) is 2.95. The first-order chi connectivity index (χ1) is 12.6. The molecule has 2 amide bonds. The molecule has 0 unspecified atom stereocenters. The largest absolute Gasteiger partial charge is 0.354 e. The van der Waals surface area contributed by atoms with Gasteiger partial charge in [-0.15, -0.1) is 11.3 Å². The topological polar surface area (TPSA) is 65.0 Å². The third kappa shape index (κ3) is 3.77. The van der Waals surface area contributed by atoms with Crippen molar-refractivity contribution in [3.63, 3.8) is 0 Å². The lowest BCUT2D eigenvalue weighted by atomic mass is 10.1. The first kappa shape index (κ1) is 18.1. The van der Waals surface area contributed by atoms with E-state index in [2.05, 4.69) is 27.8 Å². The number of thiophene rings is 1. The van der Waals surface area contributed by atoms with E-state index in [1.807, 2.05) is 11.9 Å². The van der Waals surface area contributed by atoms with Crippen LogP contribution in [0, 0.1) is 0 Å². The number of rotatable bonds is 6. The van der Waals surface area contributed by atoms with Crippen LogP contribution in [0.5, 0.6) is 0 Å². The number of hydrogen-bond donors (Lipinski definition) is 1. The van der Waals surface area contributed by atoms with Crippen LogP contribution in [-0.4, -0.2) is 61.3 Å². The number of imide groups is 1. The summed E-state index contributed by atoms with van der Waals surface area (Å²) >= 11 is 1.74. The van der Waals surface area contributed by atoms with Crippen LogP contribution in [0.15, 0.2) is 46.8 Å². The van der Waals surface area contributed by atoms with Gasteiger partial charge in [0.15, 0.2) is 5.96 Å². The number of guanidine groups is 1. The Morgan fingerprint density at radius 2 is 1.85 bits per heavy atom. The average molecular weight is 370 g/mol. The van der Waals surface area contributed by atoms with Crippen LogP contribution >= 0.6 is 11.3 Å². The lowest BCUT2D eigenvalue weighted by Crippen LogP contribution is -2.44. The smallest absolute Gasteiger partial charge is 0.261 e. The Hall–Kier alpha value is -2.67. The van der Waals surface area contributed by atoms with Gasteiger partial charge in [-0.3, -0.25) is 19.5 Å². The summed E-state index contributed by atoms with van der Waals surface area (Å²) < 4.78 is 0. The maximum atomic E-state index is 12.4. The molecule has 0 bridgehead atoms. The Balaban J connectivity index is 1.50. The first-order valence-corrected chi connectivity index (χ1v) is 9.39. The second-order valence-electron chi connectivity index (χ2n) is 6.03. The van der Waals surface area contributed by atoms with E-state index in [0.717, 1.165) is 18.9 Å². The zero-order valence-electron chi connectivity index (χ0n) is 14.9. The lowest BCUT2D eigenvalue weighted by Gasteiger charge is -2.23. The molecule has 0 radical (unpaired) electrons. The molecule has 0 spiro atoms. The number of carbonyl (C=O) groups excluding carboxylic acids is 2. The molecule has 1 N–H and O–H groups in total. The third-order valence-corrected chi connectivity index (χ3v) is 5.28. The molecule has 0 atom stereocenters. The van der Waals surface area contributed by atoms with Crippen LogP contribution in [0.3, 0.4) is 0 Å². The maximum absolute atomic E-state index is 12.4. The van der Waals surface area contributed by atoms with E-state index >= 15 is 0 Å². The van der Waals surface area contributed by atoms with Crippen molar-refractivity contribution in [1.82, 2.24) is 15.1 Å². The Morgan fingerprint density at radius 3 is 2.42 bits per heavy atom.